The van der Waals surface area contributed by atoms with Gasteiger partial charge in [0.2, 0.25) is 6.29 Å². The number of carbonyl (C=O) groups is 2. The molecule has 1 aliphatic heterocycles. The van der Waals surface area contributed by atoms with Crippen LogP contribution in [0.4, 0.5) is 0 Å². The van der Waals surface area contributed by atoms with E-state index in [-0.39, 0.29) is 5.78 Å². The van der Waals surface area contributed by atoms with E-state index in [1.807, 2.05) is 0 Å². The summed E-state index contributed by atoms with van der Waals surface area (Å²) in [6.07, 6.45) is 1.54. The van der Waals surface area contributed by atoms with Crippen molar-refractivity contribution in [1.82, 2.24) is 0 Å². The molecule has 0 spiro atoms. The van der Waals surface area contributed by atoms with Crippen molar-refractivity contribution < 1.29 is 19.1 Å². The van der Waals surface area contributed by atoms with Crippen molar-refractivity contribution in [2.75, 3.05) is 0 Å². The van der Waals surface area contributed by atoms with Gasteiger partial charge in [-0.2, -0.15) is 0 Å². The molecule has 1 rings (SSSR count). The van der Waals surface area contributed by atoms with Crippen LogP contribution < -0.4 is 0 Å². The predicted molar refractivity (Wildman–Crippen MR) is 40.2 cm³/mol. The van der Waals surface area contributed by atoms with E-state index in [2.05, 4.69) is 0 Å². The number of ether oxygens (including phenoxy) is 2. The lowest BCUT2D eigenvalue weighted by Gasteiger charge is -2.21. The van der Waals surface area contributed by atoms with Gasteiger partial charge >= 0.3 is 5.97 Å². The lowest BCUT2D eigenvalue weighted by atomic mass is 10.2. The molecule has 0 N–H and O–H groups in total. The highest BCUT2D eigenvalue weighted by Crippen LogP contribution is 2.09. The van der Waals surface area contributed by atoms with Gasteiger partial charge in [-0.25, -0.2) is 0 Å². The minimum absolute atomic E-state index is 0.113. The van der Waals surface area contributed by atoms with Gasteiger partial charge in [-0.1, -0.05) is 0 Å². The van der Waals surface area contributed by atoms with E-state index < -0.39 is 18.4 Å². The second-order valence-electron chi connectivity index (χ2n) is 2.52. The van der Waals surface area contributed by atoms with Gasteiger partial charge < -0.3 is 9.47 Å². The number of esters is 1. The summed E-state index contributed by atoms with van der Waals surface area (Å²) >= 11 is 0. The van der Waals surface area contributed by atoms with E-state index in [9.17, 15) is 9.59 Å². The van der Waals surface area contributed by atoms with Crippen LogP contribution in [0.2, 0.25) is 0 Å². The van der Waals surface area contributed by atoms with Crippen molar-refractivity contribution in [2.24, 2.45) is 0 Å². The van der Waals surface area contributed by atoms with Gasteiger partial charge in [0, 0.05) is 6.92 Å². The van der Waals surface area contributed by atoms with E-state index in [0.29, 0.717) is 0 Å². The Balaban J connectivity index is 2.55. The fraction of sp³-hybridized carbons (Fsp3) is 0.500. The van der Waals surface area contributed by atoms with Crippen LogP contribution in [0.3, 0.4) is 0 Å². The van der Waals surface area contributed by atoms with Crippen molar-refractivity contribution in [2.45, 2.75) is 26.2 Å². The summed E-state index contributed by atoms with van der Waals surface area (Å²) in [5.74, 6) is -0.537. The van der Waals surface area contributed by atoms with Crippen molar-refractivity contribution in [3.05, 3.63) is 12.2 Å². The summed E-state index contributed by atoms with van der Waals surface area (Å²) in [7, 11) is 0. The number of carbonyl (C=O) groups excluding carboxylic acids is 2. The third-order valence-electron chi connectivity index (χ3n) is 1.44. The zero-order chi connectivity index (χ0) is 9.14. The monoisotopic (exact) mass is 170 g/mol. The maximum atomic E-state index is 10.9. The zero-order valence-corrected chi connectivity index (χ0v) is 6.94. The lowest BCUT2D eigenvalue weighted by Crippen LogP contribution is -2.31. The van der Waals surface area contributed by atoms with Crippen LogP contribution in [0.1, 0.15) is 13.8 Å². The summed E-state index contributed by atoms with van der Waals surface area (Å²) in [6.45, 7) is 2.90. The summed E-state index contributed by atoms with van der Waals surface area (Å²) in [5, 5.41) is 0. The Kier molecular flexibility index (Phi) is 2.60. The van der Waals surface area contributed by atoms with Crippen LogP contribution in [-0.4, -0.2) is 24.1 Å². The molecule has 4 nitrogen and oxygen atoms in total. The van der Waals surface area contributed by atoms with Gasteiger partial charge in [0.15, 0.2) is 5.78 Å². The summed E-state index contributed by atoms with van der Waals surface area (Å²) in [6, 6.07) is 0. The Hall–Kier alpha value is -1.16. The Morgan fingerprint density at radius 1 is 1.67 bits per heavy atom. The summed E-state index contributed by atoms with van der Waals surface area (Å²) in [5.41, 5.74) is 0. The maximum Gasteiger partial charge on any atom is 0.305 e. The molecule has 0 fully saturated rings. The predicted octanol–water partition coefficient (Wildman–Crippen LogP) is 0.420. The summed E-state index contributed by atoms with van der Waals surface area (Å²) < 4.78 is 9.74. The molecule has 12 heavy (non-hydrogen) atoms. The normalized spacial score (nSPS) is 28.7. The fourth-order valence-corrected chi connectivity index (χ4v) is 0.853. The Morgan fingerprint density at radius 3 is 2.83 bits per heavy atom. The zero-order valence-electron chi connectivity index (χ0n) is 6.94. The number of hydrogen-bond donors (Lipinski definition) is 0. The molecule has 0 bridgehead atoms. The molecule has 4 heteroatoms. The third-order valence-corrected chi connectivity index (χ3v) is 1.44. The molecule has 66 valence electrons. The van der Waals surface area contributed by atoms with Gasteiger partial charge in [0.05, 0.1) is 0 Å². The third kappa shape index (κ3) is 2.17. The number of hydrogen-bond acceptors (Lipinski definition) is 4. The average Bonchev–Trinajstić information content (AvgIpc) is 1.96. The van der Waals surface area contributed by atoms with Crippen LogP contribution in [0.25, 0.3) is 0 Å². The van der Waals surface area contributed by atoms with Crippen molar-refractivity contribution >= 4 is 11.8 Å². The first-order chi connectivity index (χ1) is 5.59. The first-order valence-corrected chi connectivity index (χ1v) is 3.64. The Bertz CT molecular complexity index is 231. The fourth-order valence-electron chi connectivity index (χ4n) is 0.853. The first-order valence-electron chi connectivity index (χ1n) is 3.64. The molecule has 1 unspecified atom stereocenters. The van der Waals surface area contributed by atoms with Gasteiger partial charge in [-0.15, -0.1) is 0 Å². The highest BCUT2D eigenvalue weighted by Gasteiger charge is 2.22. The van der Waals surface area contributed by atoms with E-state index in [4.69, 9.17) is 9.47 Å². The first kappa shape index (κ1) is 8.93. The van der Waals surface area contributed by atoms with E-state index >= 15 is 0 Å². The molecule has 0 amide bonds. The SMILES string of the molecule is CC(=O)OC1C=CC(=O)[C@H](C)O1. The molecule has 1 aliphatic rings. The minimum Gasteiger partial charge on any atom is -0.432 e. The van der Waals surface area contributed by atoms with E-state index in [0.717, 1.165) is 0 Å². The molecule has 0 aromatic heterocycles. The molecule has 1 heterocycles. The Labute approximate surface area is 70.1 Å². The van der Waals surface area contributed by atoms with Crippen LogP contribution in [0.5, 0.6) is 0 Å². The van der Waals surface area contributed by atoms with Crippen molar-refractivity contribution in [3.8, 4) is 0 Å². The van der Waals surface area contributed by atoms with Crippen LogP contribution in [0, 0.1) is 0 Å². The van der Waals surface area contributed by atoms with Crippen LogP contribution in [0.15, 0.2) is 12.2 Å². The maximum absolute atomic E-state index is 10.9. The molecule has 2 atom stereocenters. The second-order valence-corrected chi connectivity index (χ2v) is 2.52. The van der Waals surface area contributed by atoms with Gasteiger partial charge in [0.25, 0.3) is 0 Å². The molecule has 0 saturated heterocycles. The lowest BCUT2D eigenvalue weighted by molar-refractivity contribution is -0.178. The van der Waals surface area contributed by atoms with Gasteiger partial charge in [0.1, 0.15) is 6.10 Å². The highest BCUT2D eigenvalue weighted by molar-refractivity contribution is 5.93. The molecule has 0 aromatic carbocycles. The molecule has 0 saturated carbocycles. The quantitative estimate of drug-likeness (QED) is 0.535. The molecular formula is C8H10O4. The van der Waals surface area contributed by atoms with Gasteiger partial charge in [-0.05, 0) is 19.1 Å². The highest BCUT2D eigenvalue weighted by atomic mass is 16.7. The smallest absolute Gasteiger partial charge is 0.305 e. The minimum atomic E-state index is -0.713. The standard InChI is InChI=1S/C8H10O4/c1-5-7(10)3-4-8(11-5)12-6(2)9/h3-5,8H,1-2H3/t5-,8?/m0/s1. The topological polar surface area (TPSA) is 52.6 Å². The van der Waals surface area contributed by atoms with Crippen LogP contribution in [-0.2, 0) is 19.1 Å². The second kappa shape index (κ2) is 3.49. The van der Waals surface area contributed by atoms with Gasteiger partial charge in [-0.3, -0.25) is 9.59 Å². The molecule has 0 aliphatic carbocycles. The van der Waals surface area contributed by atoms with Crippen LogP contribution >= 0.6 is 0 Å². The Morgan fingerprint density at radius 2 is 2.33 bits per heavy atom. The molecule has 0 aromatic rings. The molecule has 0 radical (unpaired) electrons. The number of ketones is 1. The summed E-state index contributed by atoms with van der Waals surface area (Å²) in [4.78, 5) is 21.4. The largest absolute Gasteiger partial charge is 0.432 e. The van der Waals surface area contributed by atoms with E-state index in [1.165, 1.54) is 19.1 Å². The average molecular weight is 170 g/mol. The van der Waals surface area contributed by atoms with E-state index in [1.54, 1.807) is 6.92 Å². The number of rotatable bonds is 1. The molecular weight excluding hydrogens is 160 g/mol. The van der Waals surface area contributed by atoms with Crippen molar-refractivity contribution in [1.29, 1.82) is 0 Å². The van der Waals surface area contributed by atoms with Crippen molar-refractivity contribution in [3.63, 3.8) is 0 Å².